The van der Waals surface area contributed by atoms with Gasteiger partial charge in [-0.1, -0.05) is 0 Å². The van der Waals surface area contributed by atoms with Crippen LogP contribution in [0.3, 0.4) is 0 Å². The average Bonchev–Trinajstić information content (AvgIpc) is 2.92. The number of fused-ring (bicyclic) bond motifs is 1. The maximum absolute atomic E-state index is 8.50. The fourth-order valence-corrected chi connectivity index (χ4v) is 1.45. The lowest BCUT2D eigenvalue weighted by molar-refractivity contribution is 0.286. The summed E-state index contributed by atoms with van der Waals surface area (Å²) >= 11 is 0. The first-order valence-electron chi connectivity index (χ1n) is 12.1. The largest absolute Gasteiger partial charge is 0.497 e. The Morgan fingerprint density at radius 1 is 1.53 bits per heavy atom. The first-order valence-corrected chi connectivity index (χ1v) is 4.64. The van der Waals surface area contributed by atoms with Crippen molar-refractivity contribution < 1.29 is 25.3 Å². The Hall–Kier alpha value is -1.48. The van der Waals surface area contributed by atoms with E-state index in [-0.39, 0.29) is 16.7 Å². The molecule has 0 aliphatic carbocycles. The third-order valence-corrected chi connectivity index (χ3v) is 2.23. The summed E-state index contributed by atoms with van der Waals surface area (Å²) in [6.45, 7) is -14.5. The minimum absolute atomic E-state index is 0.0511. The maximum Gasteiger partial charge on any atom is 0.119 e. The quantitative estimate of drug-likeness (QED) is 0.826. The van der Waals surface area contributed by atoms with Gasteiger partial charge in [0.05, 0.1) is 13.9 Å². The van der Waals surface area contributed by atoms with Crippen LogP contribution < -0.4 is 4.74 Å². The molecule has 1 heterocycles. The minimum atomic E-state index is -3.80. The molecule has 2 rings (SSSR count). The number of nitrogens with zero attached hydrogens (tertiary/aromatic N) is 2. The van der Waals surface area contributed by atoms with Crippen LogP contribution >= 0.6 is 0 Å². The van der Waals surface area contributed by atoms with Gasteiger partial charge in [-0.25, -0.2) is 0 Å². The second kappa shape index (κ2) is 4.80. The van der Waals surface area contributed by atoms with E-state index in [4.69, 9.17) is 25.3 Å². The lowest BCUT2D eigenvalue weighted by atomic mass is 10.2. The van der Waals surface area contributed by atoms with Gasteiger partial charge >= 0.3 is 0 Å². The fourth-order valence-electron chi connectivity index (χ4n) is 1.45. The molecule has 1 aromatic heterocycles. The number of rotatable bonds is 4. The molecule has 2 aromatic rings. The van der Waals surface area contributed by atoms with Crippen LogP contribution in [0.2, 0.25) is 0 Å². The van der Waals surface area contributed by atoms with Crippen LogP contribution in [0, 0.1) is 0 Å². The van der Waals surface area contributed by atoms with Gasteiger partial charge in [-0.05, 0) is 45.1 Å². The zero-order valence-electron chi connectivity index (χ0n) is 23.7. The summed E-state index contributed by atoms with van der Waals surface area (Å²) in [5, 5.41) is 0.179. The molecule has 3 heteroatoms. The molecule has 3 nitrogen and oxygen atoms in total. The number of likely N-dealkylation sites (N-methyl/N-ethyl adjacent to an activating group) is 1. The van der Waals surface area contributed by atoms with Crippen LogP contribution in [0.25, 0.3) is 10.9 Å². The Kier molecular flexibility index (Phi) is 0.929. The molecule has 0 bridgehead atoms. The van der Waals surface area contributed by atoms with Crippen molar-refractivity contribution in [3.8, 4) is 5.75 Å². The molecule has 0 N–H and O–H groups in total. The van der Waals surface area contributed by atoms with E-state index in [1.165, 1.54) is 18.2 Å². The zero-order valence-corrected chi connectivity index (χ0v) is 8.69. The molecule has 1 aromatic carbocycles. The van der Waals surface area contributed by atoms with Gasteiger partial charge in [0.15, 0.2) is 0 Å². The van der Waals surface area contributed by atoms with E-state index in [2.05, 4.69) is 0 Å². The van der Waals surface area contributed by atoms with Crippen molar-refractivity contribution in [2.45, 2.75) is 19.4 Å². The number of hydrogen-bond donors (Lipinski definition) is 0. The smallest absolute Gasteiger partial charge is 0.119 e. The monoisotopic (exact) mass is 247 g/mol. The Balaban J connectivity index is 2.77. The Bertz CT molecular complexity index is 954. The van der Waals surface area contributed by atoms with Crippen molar-refractivity contribution in [2.75, 3.05) is 21.0 Å². The van der Waals surface area contributed by atoms with Gasteiger partial charge in [-0.2, -0.15) is 0 Å². The summed E-state index contributed by atoms with van der Waals surface area (Å²) in [4.78, 5) is -0.599. The Morgan fingerprint density at radius 2 is 2.47 bits per heavy atom. The van der Waals surface area contributed by atoms with Crippen molar-refractivity contribution in [1.82, 2.24) is 9.47 Å². The normalized spacial score (nSPS) is 31.9. The van der Waals surface area contributed by atoms with Crippen molar-refractivity contribution in [3.05, 3.63) is 30.5 Å². The van der Waals surface area contributed by atoms with E-state index >= 15 is 0 Å². The number of ether oxygens (including phenoxy) is 1. The van der Waals surface area contributed by atoms with E-state index in [1.807, 2.05) is 0 Å². The molecule has 0 amide bonds. The summed E-state index contributed by atoms with van der Waals surface area (Å²) in [5.41, 5.74) is -0.0511. The summed E-state index contributed by atoms with van der Waals surface area (Å²) < 4.78 is 121. The molecule has 0 radical (unpaired) electrons. The molecule has 0 fully saturated rings. The topological polar surface area (TPSA) is 17.4 Å². The van der Waals surface area contributed by atoms with Crippen LogP contribution in [-0.2, 0) is 6.50 Å². The van der Waals surface area contributed by atoms with Crippen molar-refractivity contribution in [3.63, 3.8) is 0 Å². The molecule has 92 valence electrons. The van der Waals surface area contributed by atoms with Gasteiger partial charge in [0.1, 0.15) is 5.75 Å². The Morgan fingerprint density at radius 3 is 3.24 bits per heavy atom. The molecule has 0 saturated heterocycles. The summed E-state index contributed by atoms with van der Waals surface area (Å²) in [5.74, 6) is -0.102. The number of aromatic nitrogens is 1. The van der Waals surface area contributed by atoms with Gasteiger partial charge in [0.25, 0.3) is 0 Å². The van der Waals surface area contributed by atoms with Crippen molar-refractivity contribution in [1.29, 1.82) is 0 Å². The first-order chi connectivity index (χ1) is 14.0. The molecule has 1 atom stereocenters. The van der Waals surface area contributed by atoms with Gasteiger partial charge in [-0.15, -0.1) is 0 Å². The highest BCUT2D eigenvalue weighted by Crippen LogP contribution is 2.22. The van der Waals surface area contributed by atoms with Crippen molar-refractivity contribution >= 4 is 10.9 Å². The fraction of sp³-hybridized carbons (Fsp3) is 0.429. The molecule has 17 heavy (non-hydrogen) atoms. The predicted molar refractivity (Wildman–Crippen MR) is 71.6 cm³/mol. The number of hydrogen-bond acceptors (Lipinski definition) is 2. The number of methoxy groups -OCH3 is 1. The van der Waals surface area contributed by atoms with E-state index in [0.29, 0.717) is 4.57 Å². The van der Waals surface area contributed by atoms with E-state index in [0.717, 1.165) is 12.3 Å². The molecule has 0 aliphatic heterocycles. The number of benzene rings is 1. The van der Waals surface area contributed by atoms with Gasteiger partial charge < -0.3 is 14.2 Å². The van der Waals surface area contributed by atoms with Gasteiger partial charge in [0.2, 0.25) is 0 Å². The molecular weight excluding hydrogens is 212 g/mol. The predicted octanol–water partition coefficient (Wildman–Crippen LogP) is 2.60. The van der Waals surface area contributed by atoms with Gasteiger partial charge in [-0.3, -0.25) is 0 Å². The lowest BCUT2D eigenvalue weighted by Crippen LogP contribution is -2.28. The summed E-state index contributed by atoms with van der Waals surface area (Å²) in [6, 6.07) is 1.03. The second-order valence-corrected chi connectivity index (χ2v) is 3.30. The second-order valence-electron chi connectivity index (χ2n) is 3.30. The highest BCUT2D eigenvalue weighted by Gasteiger charge is 2.08. The molecule has 0 spiro atoms. The van der Waals surface area contributed by atoms with Crippen LogP contribution in [0.15, 0.2) is 30.5 Å². The first kappa shape index (κ1) is 3.29. The van der Waals surface area contributed by atoms with Crippen molar-refractivity contribution in [2.24, 2.45) is 0 Å². The molecule has 0 aliphatic rings. The molecular formula is C14H20N2O. The SMILES string of the molecule is [2H]C([2H])([2H])Oc1ccc2c(ccn2C([2H])([2H])[C@]([2H])(N(C([2H])([2H])[2H])C([2H])([2H])[2H])C([2H])([2H])[2H])c1. The standard InChI is InChI=1S/C14H20N2O/c1-11(15(2)3)10-16-8-7-12-9-13(17-4)5-6-14(12)16/h5-9,11H,10H2,1-4H3/t11-/m1/s1/i1D3,2D3,3D3,4D3,10D2,11D. The minimum Gasteiger partial charge on any atom is -0.497 e. The van der Waals surface area contributed by atoms with Crippen LogP contribution in [0.5, 0.6) is 5.75 Å². The van der Waals surface area contributed by atoms with Crippen LogP contribution in [0.4, 0.5) is 0 Å². The average molecular weight is 247 g/mol. The molecule has 0 saturated carbocycles. The highest BCUT2D eigenvalue weighted by atomic mass is 16.5. The van der Waals surface area contributed by atoms with Crippen LogP contribution in [-0.4, -0.2) is 36.5 Å². The Labute approximate surface area is 124 Å². The third kappa shape index (κ3) is 2.44. The zero-order chi connectivity index (χ0) is 25.1. The maximum atomic E-state index is 8.50. The van der Waals surface area contributed by atoms with Crippen LogP contribution in [0.1, 0.15) is 27.4 Å². The van der Waals surface area contributed by atoms with E-state index < -0.39 is 45.3 Å². The summed E-state index contributed by atoms with van der Waals surface area (Å²) in [6.07, 6.45) is 1.01. The van der Waals surface area contributed by atoms with E-state index in [1.54, 1.807) is 0 Å². The third-order valence-electron chi connectivity index (χ3n) is 2.23. The van der Waals surface area contributed by atoms with Gasteiger partial charge in [0, 0.05) is 43.3 Å². The summed E-state index contributed by atoms with van der Waals surface area (Å²) in [7, 11) is -2.76. The lowest BCUT2D eigenvalue weighted by Gasteiger charge is -2.20. The molecule has 0 unspecified atom stereocenters. The van der Waals surface area contributed by atoms with E-state index in [9.17, 15) is 0 Å². The highest BCUT2D eigenvalue weighted by molar-refractivity contribution is 5.81.